The van der Waals surface area contributed by atoms with Crippen molar-refractivity contribution in [2.24, 2.45) is 0 Å². The van der Waals surface area contributed by atoms with Gasteiger partial charge >= 0.3 is 0 Å². The summed E-state index contributed by atoms with van der Waals surface area (Å²) in [6.07, 6.45) is 19.4. The second kappa shape index (κ2) is 17.1. The van der Waals surface area contributed by atoms with E-state index in [-0.39, 0.29) is 11.7 Å². The zero-order chi connectivity index (χ0) is 19.6. The van der Waals surface area contributed by atoms with Gasteiger partial charge in [-0.25, -0.2) is 0 Å². The minimum absolute atomic E-state index is 0.279. The molecule has 0 aliphatic rings. The average Bonchev–Trinajstić information content (AvgIpc) is 2.66. The Kier molecular flexibility index (Phi) is 15.2. The first-order valence-electron chi connectivity index (χ1n) is 11.1. The van der Waals surface area contributed by atoms with Gasteiger partial charge in [0, 0.05) is 6.42 Å². The Labute approximate surface area is 172 Å². The summed E-state index contributed by atoms with van der Waals surface area (Å²) in [7, 11) is 0. The molecule has 0 fully saturated rings. The van der Waals surface area contributed by atoms with Crippen molar-refractivity contribution in [2.75, 3.05) is 6.61 Å². The molecule has 0 saturated heterocycles. The van der Waals surface area contributed by atoms with Gasteiger partial charge in [-0.3, -0.25) is 4.79 Å². The summed E-state index contributed by atoms with van der Waals surface area (Å²) in [5.41, 5.74) is 0.929. The summed E-state index contributed by atoms with van der Waals surface area (Å²) in [6.45, 7) is 3.05. The number of unbranched alkanes of at least 4 members (excludes halogenated alkanes) is 13. The number of hydrogen-bond donors (Lipinski definition) is 0. The molecule has 3 heteroatoms. The summed E-state index contributed by atoms with van der Waals surface area (Å²) >= 11 is 5.39. The van der Waals surface area contributed by atoms with Crippen LogP contribution in [0.15, 0.2) is 24.3 Å². The summed E-state index contributed by atoms with van der Waals surface area (Å²) in [4.78, 5) is 10.9. The highest BCUT2D eigenvalue weighted by atomic mass is 35.5. The predicted molar refractivity (Wildman–Crippen MR) is 117 cm³/mol. The van der Waals surface area contributed by atoms with Gasteiger partial charge in [0.05, 0.1) is 6.61 Å². The molecule has 0 unspecified atom stereocenters. The molecule has 0 N–H and O–H groups in total. The van der Waals surface area contributed by atoms with Crippen LogP contribution in [0.2, 0.25) is 0 Å². The Morgan fingerprint density at radius 3 is 1.63 bits per heavy atom. The van der Waals surface area contributed by atoms with Gasteiger partial charge in [0.1, 0.15) is 5.75 Å². The Morgan fingerprint density at radius 1 is 0.741 bits per heavy atom. The normalized spacial score (nSPS) is 10.9. The minimum Gasteiger partial charge on any atom is -0.494 e. The van der Waals surface area contributed by atoms with Gasteiger partial charge in [-0.2, -0.15) is 0 Å². The van der Waals surface area contributed by atoms with E-state index in [1.165, 1.54) is 83.5 Å². The molecule has 0 aromatic heterocycles. The summed E-state index contributed by atoms with van der Waals surface area (Å²) in [5.74, 6) is 0.871. The highest BCUT2D eigenvalue weighted by molar-refractivity contribution is 6.63. The summed E-state index contributed by atoms with van der Waals surface area (Å²) in [5, 5.41) is -0.328. The van der Waals surface area contributed by atoms with Crippen LogP contribution in [-0.2, 0) is 11.2 Å². The third-order valence-electron chi connectivity index (χ3n) is 5.03. The molecule has 1 aromatic carbocycles. The van der Waals surface area contributed by atoms with Crippen molar-refractivity contribution in [3.8, 4) is 5.75 Å². The van der Waals surface area contributed by atoms with Crippen LogP contribution in [0.4, 0.5) is 0 Å². The maximum Gasteiger partial charge on any atom is 0.226 e. The Balaban J connectivity index is 1.84. The Bertz CT molecular complexity index is 470. The van der Waals surface area contributed by atoms with Gasteiger partial charge in [0.25, 0.3) is 0 Å². The fourth-order valence-electron chi connectivity index (χ4n) is 3.35. The SMILES string of the molecule is CCCCCCCCCCCCCCCCOc1ccc(CC(=O)Cl)cc1. The topological polar surface area (TPSA) is 26.3 Å². The van der Waals surface area contributed by atoms with Crippen molar-refractivity contribution in [3.63, 3.8) is 0 Å². The van der Waals surface area contributed by atoms with E-state index in [0.29, 0.717) is 0 Å². The first kappa shape index (κ1) is 24.0. The van der Waals surface area contributed by atoms with Crippen molar-refractivity contribution in [2.45, 2.75) is 103 Å². The Hall–Kier alpha value is -1.02. The molecule has 0 bridgehead atoms. The lowest BCUT2D eigenvalue weighted by atomic mass is 10.0. The fraction of sp³-hybridized carbons (Fsp3) is 0.708. The van der Waals surface area contributed by atoms with Gasteiger partial charge in [-0.15, -0.1) is 0 Å². The molecule has 0 saturated carbocycles. The number of hydrogen-bond acceptors (Lipinski definition) is 2. The molecule has 154 valence electrons. The lowest BCUT2D eigenvalue weighted by Gasteiger charge is -2.07. The average molecular weight is 395 g/mol. The number of rotatable bonds is 18. The molecule has 0 radical (unpaired) electrons. The van der Waals surface area contributed by atoms with E-state index >= 15 is 0 Å². The molecule has 27 heavy (non-hydrogen) atoms. The van der Waals surface area contributed by atoms with Crippen LogP contribution in [0.5, 0.6) is 5.75 Å². The van der Waals surface area contributed by atoms with Crippen LogP contribution in [0.3, 0.4) is 0 Å². The van der Waals surface area contributed by atoms with Gasteiger partial charge in [0.15, 0.2) is 0 Å². The van der Waals surface area contributed by atoms with E-state index in [4.69, 9.17) is 16.3 Å². The highest BCUT2D eigenvalue weighted by Gasteiger charge is 2.00. The highest BCUT2D eigenvalue weighted by Crippen LogP contribution is 2.15. The van der Waals surface area contributed by atoms with Crippen LogP contribution in [0.25, 0.3) is 0 Å². The lowest BCUT2D eigenvalue weighted by Crippen LogP contribution is -1.98. The third kappa shape index (κ3) is 14.7. The van der Waals surface area contributed by atoms with E-state index in [9.17, 15) is 4.79 Å². The van der Waals surface area contributed by atoms with E-state index < -0.39 is 0 Å². The standard InChI is InChI=1S/C24H39ClO2/c1-2-3-4-5-6-7-8-9-10-11-12-13-14-15-20-27-23-18-16-22(17-19-23)21-24(25)26/h16-19H,2-15,20-21H2,1H3. The zero-order valence-electron chi connectivity index (χ0n) is 17.3. The minimum atomic E-state index is -0.328. The van der Waals surface area contributed by atoms with Crippen LogP contribution in [0, 0.1) is 0 Å². The number of carbonyl (C=O) groups excluding carboxylic acids is 1. The monoisotopic (exact) mass is 394 g/mol. The summed E-state index contributed by atoms with van der Waals surface area (Å²) in [6, 6.07) is 7.64. The predicted octanol–water partition coefficient (Wildman–Crippen LogP) is 7.85. The van der Waals surface area contributed by atoms with Gasteiger partial charge < -0.3 is 4.74 Å². The molecule has 0 aliphatic carbocycles. The second-order valence-corrected chi connectivity index (χ2v) is 8.04. The smallest absolute Gasteiger partial charge is 0.226 e. The molecule has 2 nitrogen and oxygen atoms in total. The van der Waals surface area contributed by atoms with E-state index in [0.717, 1.165) is 24.3 Å². The maximum absolute atomic E-state index is 10.9. The van der Waals surface area contributed by atoms with Gasteiger partial charge in [-0.05, 0) is 35.7 Å². The first-order chi connectivity index (χ1) is 13.2. The van der Waals surface area contributed by atoms with E-state index in [2.05, 4.69) is 6.92 Å². The quantitative estimate of drug-likeness (QED) is 0.187. The molecule has 0 aliphatic heterocycles. The van der Waals surface area contributed by atoms with Crippen molar-refractivity contribution < 1.29 is 9.53 Å². The zero-order valence-corrected chi connectivity index (χ0v) is 18.1. The van der Waals surface area contributed by atoms with E-state index in [1.807, 2.05) is 24.3 Å². The van der Waals surface area contributed by atoms with Gasteiger partial charge in [-0.1, -0.05) is 103 Å². The van der Waals surface area contributed by atoms with Crippen LogP contribution >= 0.6 is 11.6 Å². The van der Waals surface area contributed by atoms with Crippen molar-refractivity contribution in [3.05, 3.63) is 29.8 Å². The number of benzene rings is 1. The van der Waals surface area contributed by atoms with Gasteiger partial charge in [0.2, 0.25) is 5.24 Å². The van der Waals surface area contributed by atoms with Crippen molar-refractivity contribution >= 4 is 16.8 Å². The molecular weight excluding hydrogens is 356 g/mol. The number of halogens is 1. The van der Waals surface area contributed by atoms with E-state index in [1.54, 1.807) is 0 Å². The first-order valence-corrected chi connectivity index (χ1v) is 11.5. The lowest BCUT2D eigenvalue weighted by molar-refractivity contribution is -0.111. The number of ether oxygens (including phenoxy) is 1. The fourth-order valence-corrected chi connectivity index (χ4v) is 3.50. The molecule has 1 rings (SSSR count). The van der Waals surface area contributed by atoms with Crippen LogP contribution in [0.1, 0.15) is 102 Å². The van der Waals surface area contributed by atoms with Crippen LogP contribution in [-0.4, -0.2) is 11.8 Å². The van der Waals surface area contributed by atoms with Crippen LogP contribution < -0.4 is 4.74 Å². The molecular formula is C24H39ClO2. The molecule has 0 heterocycles. The maximum atomic E-state index is 10.9. The van der Waals surface area contributed by atoms with Crippen molar-refractivity contribution in [1.29, 1.82) is 0 Å². The second-order valence-electron chi connectivity index (χ2n) is 7.62. The Morgan fingerprint density at radius 2 is 1.19 bits per heavy atom. The largest absolute Gasteiger partial charge is 0.494 e. The summed E-state index contributed by atoms with van der Waals surface area (Å²) < 4.78 is 5.76. The van der Waals surface area contributed by atoms with Crippen molar-refractivity contribution in [1.82, 2.24) is 0 Å². The molecule has 0 atom stereocenters. The number of carbonyl (C=O) groups is 1. The molecule has 1 aromatic rings. The molecule has 0 spiro atoms. The molecule has 0 amide bonds. The third-order valence-corrected chi connectivity index (χ3v) is 5.17.